The van der Waals surface area contributed by atoms with E-state index in [1.807, 2.05) is 13.8 Å². The predicted octanol–water partition coefficient (Wildman–Crippen LogP) is 3.17. The van der Waals surface area contributed by atoms with Crippen molar-refractivity contribution in [2.45, 2.75) is 46.7 Å². The van der Waals surface area contributed by atoms with E-state index in [0.717, 1.165) is 12.8 Å². The van der Waals surface area contributed by atoms with Crippen molar-refractivity contribution in [1.29, 1.82) is 0 Å². The van der Waals surface area contributed by atoms with E-state index >= 15 is 0 Å². The number of alkyl halides is 1. The molecule has 0 spiro atoms. The van der Waals surface area contributed by atoms with Crippen LogP contribution in [0.1, 0.15) is 40.5 Å². The Bertz CT molecular complexity index is 134. The maximum Gasteiger partial charge on any atom is 0.112 e. The van der Waals surface area contributed by atoms with Gasteiger partial charge in [0.25, 0.3) is 0 Å². The van der Waals surface area contributed by atoms with Gasteiger partial charge in [-0.3, -0.25) is 0 Å². The van der Waals surface area contributed by atoms with Gasteiger partial charge in [-0.05, 0) is 12.8 Å². The Morgan fingerprint density at radius 3 is 1.50 bits per heavy atom. The van der Waals surface area contributed by atoms with E-state index in [4.69, 9.17) is 0 Å². The lowest BCUT2D eigenvalue weighted by Crippen LogP contribution is -2.05. The number of hydrogen-bond acceptors (Lipinski definition) is 0. The van der Waals surface area contributed by atoms with E-state index in [0.29, 0.717) is 0 Å². The molecule has 10 heavy (non-hydrogen) atoms. The van der Waals surface area contributed by atoms with E-state index < -0.39 is 6.17 Å². The van der Waals surface area contributed by atoms with Gasteiger partial charge in [0.05, 0.1) is 0 Å². The summed E-state index contributed by atoms with van der Waals surface area (Å²) in [5.41, 5.74) is -0.0243. The summed E-state index contributed by atoms with van der Waals surface area (Å²) in [4.78, 5) is 0. The molecule has 0 nitrogen and oxygen atoms in total. The second-order valence-corrected chi connectivity index (χ2v) is 3.95. The summed E-state index contributed by atoms with van der Waals surface area (Å²) in [5, 5.41) is 0. The fourth-order valence-corrected chi connectivity index (χ4v) is 2.39. The number of rotatable bonds is 2. The molecule has 1 aliphatic rings. The molecule has 1 unspecified atom stereocenters. The first-order valence-electron chi connectivity index (χ1n) is 4.17. The van der Waals surface area contributed by atoms with Crippen LogP contribution in [0, 0.1) is 10.8 Å². The van der Waals surface area contributed by atoms with Gasteiger partial charge >= 0.3 is 0 Å². The van der Waals surface area contributed by atoms with Gasteiger partial charge in [-0.25, -0.2) is 4.39 Å². The Kier molecular flexibility index (Phi) is 1.57. The normalized spacial score (nSPS) is 33.9. The molecule has 1 saturated carbocycles. The first-order chi connectivity index (χ1) is 4.53. The largest absolute Gasteiger partial charge is 0.246 e. The van der Waals surface area contributed by atoms with Gasteiger partial charge in [0.2, 0.25) is 0 Å². The van der Waals surface area contributed by atoms with Crippen molar-refractivity contribution in [3.63, 3.8) is 0 Å². The molecule has 1 aliphatic carbocycles. The third-order valence-corrected chi connectivity index (χ3v) is 3.58. The molecule has 1 fully saturated rings. The van der Waals surface area contributed by atoms with E-state index in [-0.39, 0.29) is 10.8 Å². The lowest BCUT2D eigenvalue weighted by atomic mass is 9.91. The summed E-state index contributed by atoms with van der Waals surface area (Å²) in [6, 6.07) is 0. The van der Waals surface area contributed by atoms with Gasteiger partial charge in [-0.2, -0.15) is 0 Å². The molecule has 1 heteroatoms. The van der Waals surface area contributed by atoms with Gasteiger partial charge in [-0.15, -0.1) is 0 Å². The fourth-order valence-electron chi connectivity index (χ4n) is 2.39. The number of hydrogen-bond donors (Lipinski definition) is 0. The minimum atomic E-state index is -0.560. The monoisotopic (exact) mass is 144 g/mol. The van der Waals surface area contributed by atoms with Crippen molar-refractivity contribution >= 4 is 0 Å². The second kappa shape index (κ2) is 1.96. The Morgan fingerprint density at radius 1 is 1.20 bits per heavy atom. The molecule has 0 heterocycles. The van der Waals surface area contributed by atoms with Crippen molar-refractivity contribution in [3.8, 4) is 0 Å². The summed E-state index contributed by atoms with van der Waals surface area (Å²) < 4.78 is 13.2. The highest BCUT2D eigenvalue weighted by atomic mass is 19.1. The van der Waals surface area contributed by atoms with Crippen LogP contribution in [0.4, 0.5) is 4.39 Å². The van der Waals surface area contributed by atoms with Gasteiger partial charge in [0.1, 0.15) is 6.17 Å². The maximum absolute atomic E-state index is 13.2. The van der Waals surface area contributed by atoms with Crippen LogP contribution in [0.25, 0.3) is 0 Å². The average Bonchev–Trinajstić information content (AvgIpc) is 2.31. The number of halogens is 1. The summed E-state index contributed by atoms with van der Waals surface area (Å²) in [6.45, 7) is 8.24. The molecule has 0 aromatic carbocycles. The molecule has 0 aromatic heterocycles. The van der Waals surface area contributed by atoms with Crippen molar-refractivity contribution < 1.29 is 4.39 Å². The Hall–Kier alpha value is -0.0700. The third kappa shape index (κ3) is 0.613. The highest BCUT2D eigenvalue weighted by Gasteiger charge is 2.69. The average molecular weight is 144 g/mol. The van der Waals surface area contributed by atoms with Gasteiger partial charge in [0, 0.05) is 10.8 Å². The van der Waals surface area contributed by atoms with Crippen molar-refractivity contribution in [1.82, 2.24) is 0 Å². The van der Waals surface area contributed by atoms with Gasteiger partial charge < -0.3 is 0 Å². The molecule has 1 rings (SSSR count). The summed E-state index contributed by atoms with van der Waals surface area (Å²) in [6.07, 6.45) is 1.41. The Balaban J connectivity index is 2.73. The lowest BCUT2D eigenvalue weighted by Gasteiger charge is -2.13. The Morgan fingerprint density at radius 2 is 1.50 bits per heavy atom. The van der Waals surface area contributed by atoms with Crippen LogP contribution in [-0.2, 0) is 0 Å². The fraction of sp³-hybridized carbons (Fsp3) is 1.00. The molecular formula is C9H17F. The molecule has 0 radical (unpaired) electrons. The molecule has 0 aromatic rings. The SMILES string of the molecule is CCC1(CC)C(F)C1(C)C. The van der Waals surface area contributed by atoms with Crippen LogP contribution in [0.5, 0.6) is 0 Å². The standard InChI is InChI=1S/C9H17F/c1-5-9(6-2)7(10)8(9,3)4/h7H,5-6H2,1-4H3. The molecule has 0 N–H and O–H groups in total. The van der Waals surface area contributed by atoms with Crippen molar-refractivity contribution in [3.05, 3.63) is 0 Å². The minimum Gasteiger partial charge on any atom is -0.246 e. The molecule has 60 valence electrons. The molecular weight excluding hydrogens is 127 g/mol. The summed E-state index contributed by atoms with van der Waals surface area (Å²) >= 11 is 0. The zero-order chi connectivity index (χ0) is 7.99. The molecule has 0 bridgehead atoms. The third-order valence-electron chi connectivity index (χ3n) is 3.58. The van der Waals surface area contributed by atoms with E-state index in [9.17, 15) is 4.39 Å². The molecule has 0 amide bonds. The highest BCUT2D eigenvalue weighted by Crippen LogP contribution is 2.69. The van der Waals surface area contributed by atoms with Crippen LogP contribution in [-0.4, -0.2) is 6.17 Å². The topological polar surface area (TPSA) is 0 Å². The van der Waals surface area contributed by atoms with Gasteiger partial charge in [-0.1, -0.05) is 27.7 Å². The molecule has 0 saturated heterocycles. The van der Waals surface area contributed by atoms with Crippen molar-refractivity contribution in [2.24, 2.45) is 10.8 Å². The van der Waals surface area contributed by atoms with Crippen molar-refractivity contribution in [2.75, 3.05) is 0 Å². The zero-order valence-electron chi connectivity index (χ0n) is 7.37. The quantitative estimate of drug-likeness (QED) is 0.558. The van der Waals surface area contributed by atoms with Crippen LogP contribution >= 0.6 is 0 Å². The highest BCUT2D eigenvalue weighted by molar-refractivity contribution is 5.17. The molecule has 1 atom stereocenters. The van der Waals surface area contributed by atoms with E-state index in [1.165, 1.54) is 0 Å². The maximum atomic E-state index is 13.2. The second-order valence-electron chi connectivity index (χ2n) is 3.95. The van der Waals surface area contributed by atoms with Crippen LogP contribution in [0.15, 0.2) is 0 Å². The first kappa shape index (κ1) is 8.03. The Labute approximate surface area is 62.8 Å². The minimum absolute atomic E-state index is 0.0208. The first-order valence-corrected chi connectivity index (χ1v) is 4.17. The van der Waals surface area contributed by atoms with Crippen LogP contribution < -0.4 is 0 Å². The lowest BCUT2D eigenvalue weighted by molar-refractivity contribution is 0.331. The van der Waals surface area contributed by atoms with E-state index in [1.54, 1.807) is 0 Å². The summed E-state index contributed by atoms with van der Waals surface area (Å²) in [5.74, 6) is 0. The molecule has 0 aliphatic heterocycles. The van der Waals surface area contributed by atoms with Crippen LogP contribution in [0.2, 0.25) is 0 Å². The smallest absolute Gasteiger partial charge is 0.112 e. The predicted molar refractivity (Wildman–Crippen MR) is 41.7 cm³/mol. The zero-order valence-corrected chi connectivity index (χ0v) is 7.37. The van der Waals surface area contributed by atoms with E-state index in [2.05, 4.69) is 13.8 Å². The summed E-state index contributed by atoms with van der Waals surface area (Å²) in [7, 11) is 0. The van der Waals surface area contributed by atoms with Gasteiger partial charge in [0.15, 0.2) is 0 Å². The van der Waals surface area contributed by atoms with Crippen LogP contribution in [0.3, 0.4) is 0 Å².